The van der Waals surface area contributed by atoms with Gasteiger partial charge in [-0.3, -0.25) is 0 Å². The van der Waals surface area contributed by atoms with Crippen LogP contribution in [-0.4, -0.2) is 8.42 Å². The number of benzene rings is 2. The fourth-order valence-corrected chi connectivity index (χ4v) is 2.69. The SMILES string of the molecule is N#Cc1ccc(Nc2ccc(S(N)(=O)=O)cc2N)c(Br)c1. The van der Waals surface area contributed by atoms with Crippen LogP contribution in [0.1, 0.15) is 5.56 Å². The third kappa shape index (κ3) is 3.52. The largest absolute Gasteiger partial charge is 0.397 e. The summed E-state index contributed by atoms with van der Waals surface area (Å²) in [6.07, 6.45) is 0. The Labute approximate surface area is 130 Å². The highest BCUT2D eigenvalue weighted by molar-refractivity contribution is 9.10. The van der Waals surface area contributed by atoms with E-state index in [1.54, 1.807) is 18.2 Å². The van der Waals surface area contributed by atoms with Gasteiger partial charge in [0.1, 0.15) is 0 Å². The predicted octanol–water partition coefficient (Wildman–Crippen LogP) is 2.29. The molecule has 0 fully saturated rings. The lowest BCUT2D eigenvalue weighted by Crippen LogP contribution is -2.12. The van der Waals surface area contributed by atoms with Crippen LogP contribution >= 0.6 is 15.9 Å². The van der Waals surface area contributed by atoms with Crippen molar-refractivity contribution in [3.8, 4) is 6.07 Å². The highest BCUT2D eigenvalue weighted by Gasteiger charge is 2.11. The van der Waals surface area contributed by atoms with Crippen molar-refractivity contribution < 1.29 is 8.42 Å². The van der Waals surface area contributed by atoms with Crippen LogP contribution in [0.25, 0.3) is 0 Å². The summed E-state index contributed by atoms with van der Waals surface area (Å²) in [7, 11) is -3.79. The molecule has 21 heavy (non-hydrogen) atoms. The standard InChI is InChI=1S/C13H11BrN4O2S/c14-10-5-8(7-15)1-3-12(10)18-13-4-2-9(6-11(13)16)21(17,19)20/h1-6,18H,16H2,(H2,17,19,20). The number of nitrogens with zero attached hydrogens (tertiary/aromatic N) is 1. The molecule has 5 N–H and O–H groups in total. The molecule has 2 aromatic carbocycles. The van der Waals surface area contributed by atoms with Crippen molar-refractivity contribution in [3.63, 3.8) is 0 Å². The molecule has 0 saturated carbocycles. The van der Waals surface area contributed by atoms with Crippen LogP contribution in [0.4, 0.5) is 17.1 Å². The molecule has 0 saturated heterocycles. The minimum absolute atomic E-state index is 0.0514. The van der Waals surface area contributed by atoms with Crippen LogP contribution < -0.4 is 16.2 Å². The molecule has 0 spiro atoms. The summed E-state index contributed by atoms with van der Waals surface area (Å²) in [6, 6.07) is 11.2. The van der Waals surface area contributed by atoms with Crippen molar-refractivity contribution in [1.29, 1.82) is 5.26 Å². The summed E-state index contributed by atoms with van der Waals surface area (Å²) in [5, 5.41) is 16.9. The van der Waals surface area contributed by atoms with E-state index in [-0.39, 0.29) is 10.6 Å². The molecule has 0 aliphatic heterocycles. The molecule has 108 valence electrons. The Morgan fingerprint density at radius 1 is 1.14 bits per heavy atom. The number of nitriles is 1. The van der Waals surface area contributed by atoms with Crippen molar-refractivity contribution in [1.82, 2.24) is 0 Å². The summed E-state index contributed by atoms with van der Waals surface area (Å²) in [5.41, 5.74) is 7.82. The maximum absolute atomic E-state index is 11.2. The summed E-state index contributed by atoms with van der Waals surface area (Å²) in [5.74, 6) is 0. The number of halogens is 1. The molecule has 6 nitrogen and oxygen atoms in total. The zero-order valence-electron chi connectivity index (χ0n) is 10.7. The van der Waals surface area contributed by atoms with Gasteiger partial charge < -0.3 is 11.1 Å². The van der Waals surface area contributed by atoms with Crippen molar-refractivity contribution in [2.24, 2.45) is 5.14 Å². The highest BCUT2D eigenvalue weighted by Crippen LogP contribution is 2.30. The lowest BCUT2D eigenvalue weighted by molar-refractivity contribution is 0.598. The number of rotatable bonds is 3. The van der Waals surface area contributed by atoms with Gasteiger partial charge in [-0.25, -0.2) is 13.6 Å². The maximum atomic E-state index is 11.2. The number of anilines is 3. The minimum atomic E-state index is -3.79. The Morgan fingerprint density at radius 3 is 2.33 bits per heavy atom. The average molecular weight is 367 g/mol. The van der Waals surface area contributed by atoms with Crippen molar-refractivity contribution in [3.05, 3.63) is 46.4 Å². The van der Waals surface area contributed by atoms with Gasteiger partial charge in [-0.1, -0.05) is 0 Å². The maximum Gasteiger partial charge on any atom is 0.238 e. The Balaban J connectivity index is 2.35. The Hall–Kier alpha value is -2.08. The first-order valence-electron chi connectivity index (χ1n) is 5.70. The molecule has 0 aromatic heterocycles. The smallest absolute Gasteiger partial charge is 0.238 e. The van der Waals surface area contributed by atoms with Gasteiger partial charge in [0.15, 0.2) is 0 Å². The average Bonchev–Trinajstić information content (AvgIpc) is 2.41. The first kappa shape index (κ1) is 15.3. The van der Waals surface area contributed by atoms with E-state index in [1.807, 2.05) is 6.07 Å². The number of sulfonamides is 1. The molecule has 0 heterocycles. The van der Waals surface area contributed by atoms with E-state index >= 15 is 0 Å². The zero-order chi connectivity index (χ0) is 15.6. The van der Waals surface area contributed by atoms with Crippen LogP contribution in [-0.2, 0) is 10.0 Å². The molecule has 0 unspecified atom stereocenters. The van der Waals surface area contributed by atoms with Crippen molar-refractivity contribution in [2.45, 2.75) is 4.90 Å². The number of primary sulfonamides is 1. The summed E-state index contributed by atoms with van der Waals surface area (Å²) >= 11 is 3.35. The molecular formula is C13H11BrN4O2S. The lowest BCUT2D eigenvalue weighted by atomic mass is 10.2. The number of hydrogen-bond donors (Lipinski definition) is 3. The van der Waals surface area contributed by atoms with Gasteiger partial charge in [0.25, 0.3) is 0 Å². The van der Waals surface area contributed by atoms with E-state index in [0.717, 1.165) is 0 Å². The third-order valence-corrected chi connectivity index (χ3v) is 4.29. The topological polar surface area (TPSA) is 122 Å². The minimum Gasteiger partial charge on any atom is -0.397 e. The Morgan fingerprint density at radius 2 is 1.81 bits per heavy atom. The monoisotopic (exact) mass is 366 g/mol. The van der Waals surface area contributed by atoms with Gasteiger partial charge in [0, 0.05) is 4.47 Å². The second kappa shape index (κ2) is 5.73. The Kier molecular flexibility index (Phi) is 4.18. The Bertz CT molecular complexity index is 844. The first-order chi connectivity index (χ1) is 9.81. The van der Waals surface area contributed by atoms with E-state index < -0.39 is 10.0 Å². The van der Waals surface area contributed by atoms with Gasteiger partial charge in [-0.05, 0) is 52.3 Å². The second-order valence-corrected chi connectivity index (χ2v) is 6.64. The van der Waals surface area contributed by atoms with Crippen LogP contribution in [0.2, 0.25) is 0 Å². The van der Waals surface area contributed by atoms with Crippen LogP contribution in [0, 0.1) is 11.3 Å². The van der Waals surface area contributed by atoms with Gasteiger partial charge in [0.05, 0.1) is 33.6 Å². The highest BCUT2D eigenvalue weighted by atomic mass is 79.9. The van der Waals surface area contributed by atoms with Crippen LogP contribution in [0.5, 0.6) is 0 Å². The van der Waals surface area contributed by atoms with Crippen molar-refractivity contribution >= 4 is 43.0 Å². The molecule has 0 bridgehead atoms. The molecule has 0 aliphatic carbocycles. The molecule has 2 rings (SSSR count). The molecule has 0 radical (unpaired) electrons. The van der Waals surface area contributed by atoms with Crippen LogP contribution in [0.3, 0.4) is 0 Å². The van der Waals surface area contributed by atoms with Gasteiger partial charge in [-0.2, -0.15) is 5.26 Å². The first-order valence-corrected chi connectivity index (χ1v) is 8.04. The third-order valence-electron chi connectivity index (χ3n) is 2.72. The van der Waals surface area contributed by atoms with Gasteiger partial charge in [0.2, 0.25) is 10.0 Å². The van der Waals surface area contributed by atoms with E-state index in [9.17, 15) is 8.42 Å². The van der Waals surface area contributed by atoms with E-state index in [2.05, 4.69) is 21.2 Å². The predicted molar refractivity (Wildman–Crippen MR) is 84.4 cm³/mol. The molecule has 0 aliphatic rings. The fraction of sp³-hybridized carbons (Fsp3) is 0. The summed E-state index contributed by atoms with van der Waals surface area (Å²) in [4.78, 5) is -0.0514. The quantitative estimate of drug-likeness (QED) is 0.719. The normalized spacial score (nSPS) is 10.9. The number of nitrogens with one attached hydrogen (secondary N) is 1. The van der Waals surface area contributed by atoms with E-state index in [4.69, 9.17) is 16.1 Å². The molecular weight excluding hydrogens is 356 g/mol. The number of nitrogen functional groups attached to an aromatic ring is 1. The number of hydrogen-bond acceptors (Lipinski definition) is 5. The van der Waals surface area contributed by atoms with Gasteiger partial charge in [-0.15, -0.1) is 0 Å². The summed E-state index contributed by atoms with van der Waals surface area (Å²) in [6.45, 7) is 0. The second-order valence-electron chi connectivity index (χ2n) is 4.23. The van der Waals surface area contributed by atoms with E-state index in [1.165, 1.54) is 18.2 Å². The van der Waals surface area contributed by atoms with Crippen molar-refractivity contribution in [2.75, 3.05) is 11.1 Å². The van der Waals surface area contributed by atoms with E-state index in [0.29, 0.717) is 21.4 Å². The fourth-order valence-electron chi connectivity index (χ4n) is 1.66. The molecule has 0 amide bonds. The number of nitrogens with two attached hydrogens (primary N) is 2. The molecule has 0 atom stereocenters. The molecule has 2 aromatic rings. The zero-order valence-corrected chi connectivity index (χ0v) is 13.1. The summed E-state index contributed by atoms with van der Waals surface area (Å²) < 4.78 is 23.2. The van der Waals surface area contributed by atoms with Crippen LogP contribution in [0.15, 0.2) is 45.8 Å². The molecule has 8 heteroatoms. The lowest BCUT2D eigenvalue weighted by Gasteiger charge is -2.12. The van der Waals surface area contributed by atoms with Gasteiger partial charge >= 0.3 is 0 Å².